The normalized spacial score (nSPS) is 10.2. The van der Waals surface area contributed by atoms with Gasteiger partial charge >= 0.3 is 0 Å². The molecular formula is C20H26N2O3. The molecule has 0 unspecified atom stereocenters. The van der Waals surface area contributed by atoms with E-state index >= 15 is 0 Å². The molecule has 2 N–H and O–H groups in total. The second-order valence-corrected chi connectivity index (χ2v) is 5.84. The van der Waals surface area contributed by atoms with Crippen molar-refractivity contribution in [1.82, 2.24) is 5.32 Å². The highest BCUT2D eigenvalue weighted by Crippen LogP contribution is 2.27. The van der Waals surface area contributed by atoms with Crippen molar-refractivity contribution >= 4 is 11.6 Å². The summed E-state index contributed by atoms with van der Waals surface area (Å²) in [6, 6.07) is 13.9. The molecule has 0 saturated carbocycles. The number of aryl methyl sites for hydroxylation is 1. The van der Waals surface area contributed by atoms with E-state index in [1.165, 1.54) is 5.56 Å². The van der Waals surface area contributed by atoms with Crippen LogP contribution in [0.5, 0.6) is 11.5 Å². The summed E-state index contributed by atoms with van der Waals surface area (Å²) >= 11 is 0. The number of methoxy groups -OCH3 is 2. The summed E-state index contributed by atoms with van der Waals surface area (Å²) < 4.78 is 10.5. The summed E-state index contributed by atoms with van der Waals surface area (Å²) in [6.07, 6.45) is 1.19. The molecule has 0 radical (unpaired) electrons. The van der Waals surface area contributed by atoms with Crippen molar-refractivity contribution in [2.45, 2.75) is 19.8 Å². The molecule has 0 bridgehead atoms. The molecule has 0 saturated heterocycles. The van der Waals surface area contributed by atoms with Gasteiger partial charge in [-0.3, -0.25) is 4.79 Å². The predicted molar refractivity (Wildman–Crippen MR) is 101 cm³/mol. The first kappa shape index (κ1) is 18.6. The van der Waals surface area contributed by atoms with Crippen LogP contribution in [0.15, 0.2) is 42.5 Å². The lowest BCUT2D eigenvalue weighted by molar-refractivity contribution is -0.120. The van der Waals surface area contributed by atoms with E-state index in [9.17, 15) is 4.79 Å². The Labute approximate surface area is 149 Å². The maximum atomic E-state index is 11.9. The summed E-state index contributed by atoms with van der Waals surface area (Å²) in [7, 11) is 3.23. The Balaban J connectivity index is 1.70. The molecule has 2 aromatic carbocycles. The molecular weight excluding hydrogens is 316 g/mol. The number of nitrogens with one attached hydrogen (secondary N) is 2. The molecule has 0 aliphatic carbocycles. The third kappa shape index (κ3) is 6.03. The minimum absolute atomic E-state index is 0.0422. The molecule has 25 heavy (non-hydrogen) atoms. The van der Waals surface area contributed by atoms with Crippen LogP contribution in [-0.2, 0) is 11.2 Å². The lowest BCUT2D eigenvalue weighted by atomic mass is 10.1. The van der Waals surface area contributed by atoms with E-state index in [-0.39, 0.29) is 5.91 Å². The van der Waals surface area contributed by atoms with Gasteiger partial charge in [-0.2, -0.15) is 0 Å². The molecule has 5 nitrogen and oxygen atoms in total. The lowest BCUT2D eigenvalue weighted by Gasteiger charge is -2.10. The van der Waals surface area contributed by atoms with Gasteiger partial charge in [-0.1, -0.05) is 18.2 Å². The summed E-state index contributed by atoms with van der Waals surface area (Å²) in [4.78, 5) is 11.9. The standard InChI is InChI=1S/C20H26N2O3/c1-15-5-4-6-17(13-15)21-12-10-20(23)22-11-9-16-7-8-18(24-2)19(14-16)25-3/h4-8,13-14,21H,9-12H2,1-3H3,(H,22,23). The molecule has 0 aromatic heterocycles. The molecule has 0 spiro atoms. The third-order valence-electron chi connectivity index (χ3n) is 3.88. The Kier molecular flexibility index (Phi) is 7.14. The fourth-order valence-corrected chi connectivity index (χ4v) is 2.55. The fourth-order valence-electron chi connectivity index (χ4n) is 2.55. The van der Waals surface area contributed by atoms with E-state index in [1.807, 2.05) is 43.3 Å². The number of hydrogen-bond acceptors (Lipinski definition) is 4. The molecule has 5 heteroatoms. The van der Waals surface area contributed by atoms with Crippen LogP contribution in [0.3, 0.4) is 0 Å². The second kappa shape index (κ2) is 9.57. The largest absolute Gasteiger partial charge is 0.493 e. The van der Waals surface area contributed by atoms with E-state index in [0.29, 0.717) is 31.0 Å². The fraction of sp³-hybridized carbons (Fsp3) is 0.350. The maximum absolute atomic E-state index is 11.9. The number of hydrogen-bond donors (Lipinski definition) is 2. The number of benzene rings is 2. The molecule has 2 rings (SSSR count). The van der Waals surface area contributed by atoms with Crippen molar-refractivity contribution in [1.29, 1.82) is 0 Å². The van der Waals surface area contributed by atoms with Crippen LogP contribution in [-0.4, -0.2) is 33.2 Å². The number of amides is 1. The van der Waals surface area contributed by atoms with Crippen molar-refractivity contribution < 1.29 is 14.3 Å². The predicted octanol–water partition coefficient (Wildman–Crippen LogP) is 3.17. The Hall–Kier alpha value is -2.69. The van der Waals surface area contributed by atoms with Gasteiger partial charge in [0, 0.05) is 25.2 Å². The molecule has 0 aliphatic rings. The monoisotopic (exact) mass is 342 g/mol. The van der Waals surface area contributed by atoms with E-state index in [0.717, 1.165) is 17.7 Å². The summed E-state index contributed by atoms with van der Waals surface area (Å²) in [5, 5.41) is 6.20. The zero-order valence-electron chi connectivity index (χ0n) is 15.1. The zero-order chi connectivity index (χ0) is 18.1. The van der Waals surface area contributed by atoms with Gasteiger partial charge < -0.3 is 20.1 Å². The Morgan fingerprint density at radius 1 is 1.00 bits per heavy atom. The highest BCUT2D eigenvalue weighted by atomic mass is 16.5. The van der Waals surface area contributed by atoms with Gasteiger partial charge in [0.05, 0.1) is 14.2 Å². The first-order valence-corrected chi connectivity index (χ1v) is 8.40. The SMILES string of the molecule is COc1ccc(CCNC(=O)CCNc2cccc(C)c2)cc1OC. The summed E-state index contributed by atoms with van der Waals surface area (Å²) in [5.74, 6) is 1.45. The minimum atomic E-state index is 0.0422. The van der Waals surface area contributed by atoms with Gasteiger partial charge in [0.25, 0.3) is 0 Å². The van der Waals surface area contributed by atoms with Crippen LogP contribution in [0.25, 0.3) is 0 Å². The van der Waals surface area contributed by atoms with E-state index < -0.39 is 0 Å². The van der Waals surface area contributed by atoms with Crippen LogP contribution in [0.1, 0.15) is 17.5 Å². The van der Waals surface area contributed by atoms with Crippen LogP contribution in [0.4, 0.5) is 5.69 Å². The summed E-state index contributed by atoms with van der Waals surface area (Å²) in [6.45, 7) is 3.26. The Bertz CT molecular complexity index is 701. The smallest absolute Gasteiger partial charge is 0.221 e. The van der Waals surface area contributed by atoms with E-state index in [4.69, 9.17) is 9.47 Å². The van der Waals surface area contributed by atoms with Crippen LogP contribution >= 0.6 is 0 Å². The number of rotatable bonds is 9. The van der Waals surface area contributed by atoms with Crippen LogP contribution < -0.4 is 20.1 Å². The second-order valence-electron chi connectivity index (χ2n) is 5.84. The highest BCUT2D eigenvalue weighted by Gasteiger charge is 2.05. The topological polar surface area (TPSA) is 59.6 Å². The van der Waals surface area contributed by atoms with Gasteiger partial charge in [0.15, 0.2) is 11.5 Å². The maximum Gasteiger partial charge on any atom is 0.221 e. The van der Waals surface area contributed by atoms with Gasteiger partial charge in [-0.05, 0) is 48.7 Å². The van der Waals surface area contributed by atoms with Crippen LogP contribution in [0.2, 0.25) is 0 Å². The van der Waals surface area contributed by atoms with Gasteiger partial charge in [-0.15, -0.1) is 0 Å². The molecule has 0 heterocycles. The molecule has 134 valence electrons. The van der Waals surface area contributed by atoms with Crippen molar-refractivity contribution in [2.24, 2.45) is 0 Å². The summed E-state index contributed by atoms with van der Waals surface area (Å²) in [5.41, 5.74) is 3.33. The van der Waals surface area contributed by atoms with Gasteiger partial charge in [0.2, 0.25) is 5.91 Å². The Morgan fingerprint density at radius 3 is 2.52 bits per heavy atom. The molecule has 0 aliphatic heterocycles. The Morgan fingerprint density at radius 2 is 1.80 bits per heavy atom. The zero-order valence-corrected chi connectivity index (χ0v) is 15.1. The molecule has 0 fully saturated rings. The van der Waals surface area contributed by atoms with Gasteiger partial charge in [0.1, 0.15) is 0 Å². The van der Waals surface area contributed by atoms with Crippen molar-refractivity contribution in [3.05, 3.63) is 53.6 Å². The van der Waals surface area contributed by atoms with Crippen molar-refractivity contribution in [3.63, 3.8) is 0 Å². The number of ether oxygens (including phenoxy) is 2. The van der Waals surface area contributed by atoms with Crippen LogP contribution in [0, 0.1) is 6.92 Å². The molecule has 0 atom stereocenters. The average molecular weight is 342 g/mol. The first-order valence-electron chi connectivity index (χ1n) is 8.40. The third-order valence-corrected chi connectivity index (χ3v) is 3.88. The number of carbonyl (C=O) groups excluding carboxylic acids is 1. The van der Waals surface area contributed by atoms with Crippen molar-refractivity contribution in [2.75, 3.05) is 32.6 Å². The van der Waals surface area contributed by atoms with Crippen molar-refractivity contribution in [3.8, 4) is 11.5 Å². The van der Waals surface area contributed by atoms with E-state index in [2.05, 4.69) is 16.7 Å². The first-order chi connectivity index (χ1) is 12.1. The quantitative estimate of drug-likeness (QED) is 0.735. The van der Waals surface area contributed by atoms with Gasteiger partial charge in [-0.25, -0.2) is 0 Å². The van der Waals surface area contributed by atoms with E-state index in [1.54, 1.807) is 14.2 Å². The average Bonchev–Trinajstić information content (AvgIpc) is 2.61. The molecule has 2 aromatic rings. The number of anilines is 1. The lowest BCUT2D eigenvalue weighted by Crippen LogP contribution is -2.27. The minimum Gasteiger partial charge on any atom is -0.493 e. The number of carbonyl (C=O) groups is 1. The highest BCUT2D eigenvalue weighted by molar-refractivity contribution is 5.76. The molecule has 1 amide bonds.